The summed E-state index contributed by atoms with van der Waals surface area (Å²) in [4.78, 5) is 0. The van der Waals surface area contributed by atoms with E-state index in [1.54, 1.807) is 0 Å². The summed E-state index contributed by atoms with van der Waals surface area (Å²) < 4.78 is 0. The fraction of sp³-hybridized carbons (Fsp3) is 0.158. The minimum Gasteiger partial charge on any atom is -0.101 e. The van der Waals surface area contributed by atoms with Gasteiger partial charge in [0.2, 0.25) is 0 Å². The number of rotatable bonds is 2. The molecule has 0 spiro atoms. The molecule has 2 aromatic rings. The number of hydrogen-bond acceptors (Lipinski definition) is 0. The van der Waals surface area contributed by atoms with Crippen molar-refractivity contribution < 1.29 is 0 Å². The second kappa shape index (κ2) is 7.10. The summed E-state index contributed by atoms with van der Waals surface area (Å²) >= 11 is 0. The van der Waals surface area contributed by atoms with Gasteiger partial charge in [0.25, 0.3) is 0 Å². The molecular weight excluding hydrogens is 228 g/mol. The van der Waals surface area contributed by atoms with Crippen LogP contribution in [0.5, 0.6) is 0 Å². The Kier molecular flexibility index (Phi) is 4.86. The molecule has 0 saturated heterocycles. The summed E-state index contributed by atoms with van der Waals surface area (Å²) in [5.74, 6) is 12.5. The first-order chi connectivity index (χ1) is 9.40. The molecule has 0 aliphatic heterocycles. The van der Waals surface area contributed by atoms with Gasteiger partial charge in [-0.05, 0) is 31.0 Å². The summed E-state index contributed by atoms with van der Waals surface area (Å²) in [6.07, 6.45) is 1.87. The maximum Gasteiger partial charge on any atom is 0.0401 e. The Morgan fingerprint density at radius 3 is 2.11 bits per heavy atom. The van der Waals surface area contributed by atoms with Gasteiger partial charge in [-0.3, -0.25) is 0 Å². The third-order valence-electron chi connectivity index (χ3n) is 2.79. The molecule has 0 N–H and O–H groups in total. The van der Waals surface area contributed by atoms with E-state index < -0.39 is 0 Å². The Labute approximate surface area is 115 Å². The third-order valence-corrected chi connectivity index (χ3v) is 2.79. The molecule has 0 aromatic heterocycles. The van der Waals surface area contributed by atoms with Gasteiger partial charge in [0, 0.05) is 17.5 Å². The molecule has 0 heteroatoms. The molecule has 0 saturated carbocycles. The highest BCUT2D eigenvalue weighted by Gasteiger charge is 1.93. The van der Waals surface area contributed by atoms with E-state index >= 15 is 0 Å². The normalized spacial score (nSPS) is 8.89. The molecule has 2 rings (SSSR count). The minimum absolute atomic E-state index is 0.873. The zero-order valence-electron chi connectivity index (χ0n) is 11.1. The number of hydrogen-bond donors (Lipinski definition) is 0. The average molecular weight is 244 g/mol. The minimum atomic E-state index is 0.873. The van der Waals surface area contributed by atoms with Crippen molar-refractivity contribution in [2.24, 2.45) is 0 Å². The number of benzene rings is 2. The molecule has 0 bridgehead atoms. The molecule has 0 atom stereocenters. The van der Waals surface area contributed by atoms with Gasteiger partial charge >= 0.3 is 0 Å². The summed E-state index contributed by atoms with van der Waals surface area (Å²) in [6.45, 7) is 1.85. The molecule has 0 aliphatic carbocycles. The van der Waals surface area contributed by atoms with E-state index in [9.17, 15) is 0 Å². The predicted octanol–water partition coefficient (Wildman–Crippen LogP) is 4.04. The van der Waals surface area contributed by atoms with Crippen LogP contribution in [0.25, 0.3) is 0 Å². The van der Waals surface area contributed by atoms with E-state index in [0.29, 0.717) is 0 Å². The van der Waals surface area contributed by atoms with Crippen LogP contribution in [0.15, 0.2) is 54.6 Å². The van der Waals surface area contributed by atoms with Crippen molar-refractivity contribution in [2.75, 3.05) is 0 Å². The SMILES string of the molecule is CC#Cc1ccccc1C#CCCc1ccccc1. The molecule has 19 heavy (non-hydrogen) atoms. The smallest absolute Gasteiger partial charge is 0.0401 e. The van der Waals surface area contributed by atoms with Gasteiger partial charge in [-0.1, -0.05) is 60.2 Å². The van der Waals surface area contributed by atoms with Crippen molar-refractivity contribution in [1.82, 2.24) is 0 Å². The standard InChI is InChI=1S/C19H16/c1-2-10-18-14-8-9-16-19(18)15-7-6-13-17-11-4-3-5-12-17/h3-5,8-9,11-12,14,16H,6,13H2,1H3. The topological polar surface area (TPSA) is 0 Å². The Bertz CT molecular complexity index is 643. The highest BCUT2D eigenvalue weighted by atomic mass is 14.0. The van der Waals surface area contributed by atoms with E-state index in [0.717, 1.165) is 24.0 Å². The fourth-order valence-electron chi connectivity index (χ4n) is 1.85. The Balaban J connectivity index is 2.02. The van der Waals surface area contributed by atoms with E-state index in [1.165, 1.54) is 5.56 Å². The summed E-state index contributed by atoms with van der Waals surface area (Å²) in [6, 6.07) is 18.5. The van der Waals surface area contributed by atoms with Crippen LogP contribution >= 0.6 is 0 Å². The van der Waals surface area contributed by atoms with Crippen LogP contribution < -0.4 is 0 Å². The first-order valence-corrected chi connectivity index (χ1v) is 6.45. The molecule has 2 aromatic carbocycles. The van der Waals surface area contributed by atoms with Crippen molar-refractivity contribution in [3.63, 3.8) is 0 Å². The van der Waals surface area contributed by atoms with Crippen LogP contribution in [-0.4, -0.2) is 0 Å². The molecule has 92 valence electrons. The van der Waals surface area contributed by atoms with Crippen molar-refractivity contribution in [3.05, 3.63) is 71.3 Å². The first kappa shape index (κ1) is 13.0. The number of aryl methyl sites for hydroxylation is 1. The molecule has 0 fully saturated rings. The lowest BCUT2D eigenvalue weighted by Crippen LogP contribution is -1.84. The van der Waals surface area contributed by atoms with E-state index in [-0.39, 0.29) is 0 Å². The molecule has 0 aliphatic rings. The zero-order valence-corrected chi connectivity index (χ0v) is 11.1. The monoisotopic (exact) mass is 244 g/mol. The lowest BCUT2D eigenvalue weighted by molar-refractivity contribution is 1.03. The van der Waals surface area contributed by atoms with Gasteiger partial charge in [-0.25, -0.2) is 0 Å². The Hall–Kier alpha value is -2.44. The van der Waals surface area contributed by atoms with Gasteiger partial charge < -0.3 is 0 Å². The van der Waals surface area contributed by atoms with Gasteiger partial charge in [0.15, 0.2) is 0 Å². The molecular formula is C19H16. The predicted molar refractivity (Wildman–Crippen MR) is 80.6 cm³/mol. The zero-order chi connectivity index (χ0) is 13.3. The van der Waals surface area contributed by atoms with Crippen LogP contribution in [0.3, 0.4) is 0 Å². The summed E-state index contributed by atoms with van der Waals surface area (Å²) in [7, 11) is 0. The summed E-state index contributed by atoms with van der Waals surface area (Å²) in [5, 5.41) is 0. The van der Waals surface area contributed by atoms with Gasteiger partial charge in [0.1, 0.15) is 0 Å². The highest BCUT2D eigenvalue weighted by molar-refractivity contribution is 5.49. The van der Waals surface area contributed by atoms with Gasteiger partial charge in [0.05, 0.1) is 0 Å². The Morgan fingerprint density at radius 2 is 1.42 bits per heavy atom. The maximum absolute atomic E-state index is 3.23. The van der Waals surface area contributed by atoms with E-state index in [2.05, 4.69) is 47.9 Å². The third kappa shape index (κ3) is 4.06. The molecule has 0 nitrogen and oxygen atoms in total. The van der Waals surface area contributed by atoms with Gasteiger partial charge in [-0.15, -0.1) is 5.92 Å². The quantitative estimate of drug-likeness (QED) is 0.699. The van der Waals surface area contributed by atoms with Crippen LogP contribution in [0.2, 0.25) is 0 Å². The van der Waals surface area contributed by atoms with Crippen LogP contribution in [0.4, 0.5) is 0 Å². The van der Waals surface area contributed by atoms with Crippen molar-refractivity contribution >= 4 is 0 Å². The lowest BCUT2D eigenvalue weighted by Gasteiger charge is -1.96. The first-order valence-electron chi connectivity index (χ1n) is 6.45. The lowest BCUT2D eigenvalue weighted by atomic mass is 10.1. The molecule has 0 amide bonds. The van der Waals surface area contributed by atoms with Gasteiger partial charge in [-0.2, -0.15) is 0 Å². The largest absolute Gasteiger partial charge is 0.101 e. The summed E-state index contributed by atoms with van der Waals surface area (Å²) in [5.41, 5.74) is 3.36. The van der Waals surface area contributed by atoms with Crippen LogP contribution in [0, 0.1) is 23.7 Å². The van der Waals surface area contributed by atoms with Crippen molar-refractivity contribution in [1.29, 1.82) is 0 Å². The van der Waals surface area contributed by atoms with Crippen molar-refractivity contribution in [3.8, 4) is 23.7 Å². The van der Waals surface area contributed by atoms with E-state index in [4.69, 9.17) is 0 Å². The van der Waals surface area contributed by atoms with E-state index in [1.807, 2.05) is 37.3 Å². The van der Waals surface area contributed by atoms with Crippen LogP contribution in [0.1, 0.15) is 30.0 Å². The molecule has 0 heterocycles. The second-order valence-corrected chi connectivity index (χ2v) is 4.21. The Morgan fingerprint density at radius 1 is 0.789 bits per heavy atom. The fourth-order valence-corrected chi connectivity index (χ4v) is 1.85. The molecule has 0 radical (unpaired) electrons. The highest BCUT2D eigenvalue weighted by Crippen LogP contribution is 2.06. The van der Waals surface area contributed by atoms with Crippen LogP contribution in [-0.2, 0) is 6.42 Å². The van der Waals surface area contributed by atoms with Crippen molar-refractivity contribution in [2.45, 2.75) is 19.8 Å². The maximum atomic E-state index is 3.23. The average Bonchev–Trinajstić information content (AvgIpc) is 2.47. The second-order valence-electron chi connectivity index (χ2n) is 4.21. The molecule has 0 unspecified atom stereocenters.